The van der Waals surface area contributed by atoms with Crippen LogP contribution in [-0.4, -0.2) is 34.6 Å². The van der Waals surface area contributed by atoms with E-state index in [9.17, 15) is 9.59 Å². The third-order valence-electron chi connectivity index (χ3n) is 4.15. The molecule has 30 heavy (non-hydrogen) atoms. The zero-order valence-electron chi connectivity index (χ0n) is 16.5. The van der Waals surface area contributed by atoms with Gasteiger partial charge in [-0.3, -0.25) is 9.59 Å². The van der Waals surface area contributed by atoms with Gasteiger partial charge in [0.05, 0.1) is 12.3 Å². The molecule has 2 aromatic carbocycles. The molecular weight excluding hydrogens is 424 g/mol. The number of rotatable bonds is 6. The molecule has 1 unspecified atom stereocenters. The van der Waals surface area contributed by atoms with Gasteiger partial charge in [-0.1, -0.05) is 35.5 Å². The van der Waals surface area contributed by atoms with E-state index in [4.69, 9.17) is 16.3 Å². The molecule has 2 N–H and O–H groups in total. The van der Waals surface area contributed by atoms with Gasteiger partial charge in [0, 0.05) is 17.1 Å². The molecule has 0 aliphatic carbocycles. The first-order valence-corrected chi connectivity index (χ1v) is 10.6. The van der Waals surface area contributed by atoms with Crippen LogP contribution in [0.3, 0.4) is 0 Å². The highest BCUT2D eigenvalue weighted by Crippen LogP contribution is 2.23. The highest BCUT2D eigenvalue weighted by Gasteiger charge is 2.30. The van der Waals surface area contributed by atoms with E-state index in [0.29, 0.717) is 23.0 Å². The third kappa shape index (κ3) is 6.08. The van der Waals surface area contributed by atoms with Crippen molar-refractivity contribution in [1.82, 2.24) is 5.32 Å². The number of hydrogen-bond acceptors (Lipinski definition) is 6. The molecule has 0 aromatic heterocycles. The van der Waals surface area contributed by atoms with Crippen LogP contribution in [0.15, 0.2) is 58.7 Å². The molecule has 1 fully saturated rings. The number of carbonyl (C=O) groups is 2. The van der Waals surface area contributed by atoms with Gasteiger partial charge in [-0.15, -0.1) is 5.10 Å². The topological polar surface area (TPSA) is 92.1 Å². The van der Waals surface area contributed by atoms with Crippen molar-refractivity contribution in [3.05, 3.63) is 59.1 Å². The Balaban J connectivity index is 1.66. The molecule has 2 aromatic rings. The number of amides is 2. The van der Waals surface area contributed by atoms with E-state index >= 15 is 0 Å². The number of hydrogen-bond donors (Lipinski definition) is 2. The van der Waals surface area contributed by atoms with E-state index in [1.165, 1.54) is 11.8 Å². The fraction of sp³-hybridized carbons (Fsp3) is 0.238. The first-order chi connectivity index (χ1) is 14.4. The highest BCUT2D eigenvalue weighted by molar-refractivity contribution is 8.15. The molecule has 1 aliphatic heterocycles. The summed E-state index contributed by atoms with van der Waals surface area (Å²) in [6.45, 7) is 4.28. The number of carbonyl (C=O) groups excluding carboxylic acids is 2. The van der Waals surface area contributed by atoms with Crippen LogP contribution in [-0.2, 0) is 9.59 Å². The third-order valence-corrected chi connectivity index (χ3v) is 5.47. The minimum atomic E-state index is -0.602. The lowest BCUT2D eigenvalue weighted by atomic mass is 10.1. The predicted octanol–water partition coefficient (Wildman–Crippen LogP) is 4.08. The second kappa shape index (κ2) is 10.3. The fourth-order valence-corrected chi connectivity index (χ4v) is 3.69. The summed E-state index contributed by atoms with van der Waals surface area (Å²) in [7, 11) is 0. The van der Waals surface area contributed by atoms with Gasteiger partial charge in [0.2, 0.25) is 11.8 Å². The normalized spacial score (nSPS) is 18.1. The number of benzene rings is 2. The Hall–Kier alpha value is -2.84. The molecule has 1 saturated heterocycles. The van der Waals surface area contributed by atoms with Gasteiger partial charge in [0.25, 0.3) is 0 Å². The van der Waals surface area contributed by atoms with Crippen LogP contribution >= 0.6 is 23.4 Å². The second-order valence-electron chi connectivity index (χ2n) is 6.40. The van der Waals surface area contributed by atoms with Crippen LogP contribution in [0.25, 0.3) is 0 Å². The van der Waals surface area contributed by atoms with Crippen molar-refractivity contribution < 1.29 is 14.3 Å². The average Bonchev–Trinajstić information content (AvgIpc) is 2.74. The van der Waals surface area contributed by atoms with Gasteiger partial charge < -0.3 is 15.4 Å². The van der Waals surface area contributed by atoms with Gasteiger partial charge in [0.15, 0.2) is 5.17 Å². The molecule has 156 valence electrons. The second-order valence-corrected chi connectivity index (χ2v) is 8.03. The van der Waals surface area contributed by atoms with Crippen LogP contribution in [0.2, 0.25) is 5.02 Å². The summed E-state index contributed by atoms with van der Waals surface area (Å²) in [4.78, 5) is 24.7. The van der Waals surface area contributed by atoms with Crippen LogP contribution in [0.4, 0.5) is 5.69 Å². The Kier molecular flexibility index (Phi) is 7.48. The average molecular weight is 445 g/mol. The molecule has 9 heteroatoms. The summed E-state index contributed by atoms with van der Waals surface area (Å²) >= 11 is 7.06. The number of anilines is 1. The smallest absolute Gasteiger partial charge is 0.238 e. The Morgan fingerprint density at radius 1 is 1.23 bits per heavy atom. The van der Waals surface area contributed by atoms with Crippen molar-refractivity contribution in [3.63, 3.8) is 0 Å². The molecule has 2 amide bonds. The number of ether oxygens (including phenoxy) is 1. The van der Waals surface area contributed by atoms with E-state index < -0.39 is 5.25 Å². The molecule has 0 radical (unpaired) electrons. The number of amidine groups is 1. The Bertz CT molecular complexity index is 975. The van der Waals surface area contributed by atoms with Crippen molar-refractivity contribution in [2.24, 2.45) is 10.2 Å². The SMILES string of the molecule is CCOc1ccc(NC(=O)C2CC(=O)N/C(=N\N=C(C)c3ccc(Cl)cc3)S2)cc1. The Labute approximate surface area is 183 Å². The summed E-state index contributed by atoms with van der Waals surface area (Å²) in [6, 6.07) is 14.3. The molecule has 0 bridgehead atoms. The minimum absolute atomic E-state index is 0.0619. The summed E-state index contributed by atoms with van der Waals surface area (Å²) in [6.07, 6.45) is 0.0619. The van der Waals surface area contributed by atoms with Gasteiger partial charge in [-0.2, -0.15) is 5.10 Å². The summed E-state index contributed by atoms with van der Waals surface area (Å²) < 4.78 is 5.39. The maximum Gasteiger partial charge on any atom is 0.238 e. The lowest BCUT2D eigenvalue weighted by molar-refractivity contribution is -0.123. The molecular formula is C21H21ClN4O3S. The Morgan fingerprint density at radius 3 is 2.60 bits per heavy atom. The van der Waals surface area contributed by atoms with Gasteiger partial charge in [-0.05, 0) is 55.8 Å². The van der Waals surface area contributed by atoms with E-state index in [2.05, 4.69) is 20.8 Å². The van der Waals surface area contributed by atoms with Gasteiger partial charge in [-0.25, -0.2) is 0 Å². The van der Waals surface area contributed by atoms with E-state index in [1.807, 2.05) is 19.1 Å². The quantitative estimate of drug-likeness (QED) is 0.518. The van der Waals surface area contributed by atoms with Crippen molar-refractivity contribution in [2.75, 3.05) is 11.9 Å². The van der Waals surface area contributed by atoms with Crippen molar-refractivity contribution in [3.8, 4) is 5.75 Å². The van der Waals surface area contributed by atoms with E-state index in [1.54, 1.807) is 43.3 Å². The standard InChI is InChI=1S/C21H21ClN4O3S/c1-3-29-17-10-8-16(9-11-17)23-20(28)18-12-19(27)24-21(30-18)26-25-13(2)14-4-6-15(22)7-5-14/h4-11,18H,3,12H2,1-2H3,(H,23,28)(H,24,26,27). The minimum Gasteiger partial charge on any atom is -0.494 e. The number of nitrogens with zero attached hydrogens (tertiary/aromatic N) is 2. The zero-order valence-corrected chi connectivity index (χ0v) is 18.1. The van der Waals surface area contributed by atoms with Crippen LogP contribution in [0, 0.1) is 0 Å². The largest absolute Gasteiger partial charge is 0.494 e. The zero-order chi connectivity index (χ0) is 21.5. The van der Waals surface area contributed by atoms with Crippen LogP contribution < -0.4 is 15.4 Å². The van der Waals surface area contributed by atoms with Crippen LogP contribution in [0.5, 0.6) is 5.75 Å². The molecule has 1 atom stereocenters. The number of nitrogens with one attached hydrogen (secondary N) is 2. The highest BCUT2D eigenvalue weighted by atomic mass is 35.5. The van der Waals surface area contributed by atoms with E-state index in [-0.39, 0.29) is 23.4 Å². The molecule has 0 saturated carbocycles. The van der Waals surface area contributed by atoms with Crippen LogP contribution in [0.1, 0.15) is 25.8 Å². The first kappa shape index (κ1) is 21.9. The fourth-order valence-electron chi connectivity index (χ4n) is 2.63. The van der Waals surface area contributed by atoms with Gasteiger partial charge in [0.1, 0.15) is 11.0 Å². The molecule has 0 spiro atoms. The number of thioether (sulfide) groups is 1. The maximum atomic E-state index is 12.6. The summed E-state index contributed by atoms with van der Waals surface area (Å²) in [5.74, 6) is 0.175. The van der Waals surface area contributed by atoms with Crippen molar-refractivity contribution >= 4 is 51.7 Å². The van der Waals surface area contributed by atoms with E-state index in [0.717, 1.165) is 11.3 Å². The molecule has 7 nitrogen and oxygen atoms in total. The molecule has 3 rings (SSSR count). The summed E-state index contributed by atoms with van der Waals surface area (Å²) in [5, 5.41) is 14.1. The van der Waals surface area contributed by atoms with Gasteiger partial charge >= 0.3 is 0 Å². The molecule has 1 aliphatic rings. The van der Waals surface area contributed by atoms with Crippen molar-refractivity contribution in [2.45, 2.75) is 25.5 Å². The van der Waals surface area contributed by atoms with Crippen molar-refractivity contribution in [1.29, 1.82) is 0 Å². The first-order valence-electron chi connectivity index (χ1n) is 9.33. The monoisotopic (exact) mass is 444 g/mol. The Morgan fingerprint density at radius 2 is 1.93 bits per heavy atom. The predicted molar refractivity (Wildman–Crippen MR) is 121 cm³/mol. The molecule has 1 heterocycles. The maximum absolute atomic E-state index is 12.6. The summed E-state index contributed by atoms with van der Waals surface area (Å²) in [5.41, 5.74) is 2.15. The number of halogens is 1. The lowest BCUT2D eigenvalue weighted by Crippen LogP contribution is -2.41. The lowest BCUT2D eigenvalue weighted by Gasteiger charge is -2.21.